The molecule has 0 fully saturated rings. The second-order valence-electron chi connectivity index (χ2n) is 4.27. The zero-order valence-corrected chi connectivity index (χ0v) is 12.3. The molecule has 1 unspecified atom stereocenters. The molecule has 4 nitrogen and oxygen atoms in total. The quantitative estimate of drug-likeness (QED) is 0.944. The summed E-state index contributed by atoms with van der Waals surface area (Å²) in [6.45, 7) is 1.99. The fourth-order valence-electron chi connectivity index (χ4n) is 1.96. The van der Waals surface area contributed by atoms with E-state index in [-0.39, 0.29) is 0 Å². The molecule has 0 spiro atoms. The maximum atomic E-state index is 10.2. The summed E-state index contributed by atoms with van der Waals surface area (Å²) in [6, 6.07) is 3.43. The molecular formula is C13H15Cl2N3O. The van der Waals surface area contributed by atoms with Crippen molar-refractivity contribution in [2.75, 3.05) is 0 Å². The Kier molecular flexibility index (Phi) is 4.45. The largest absolute Gasteiger partial charge is 0.386 e. The Morgan fingerprint density at radius 1 is 1.42 bits per heavy atom. The molecule has 1 atom stereocenters. The number of aryl methyl sites for hydroxylation is 2. The van der Waals surface area contributed by atoms with E-state index < -0.39 is 6.10 Å². The predicted molar refractivity (Wildman–Crippen MR) is 75.5 cm³/mol. The van der Waals surface area contributed by atoms with Crippen molar-refractivity contribution < 1.29 is 5.11 Å². The third kappa shape index (κ3) is 2.91. The lowest BCUT2D eigenvalue weighted by Gasteiger charge is -2.12. The van der Waals surface area contributed by atoms with Gasteiger partial charge in [-0.05, 0) is 18.6 Å². The van der Waals surface area contributed by atoms with E-state index in [2.05, 4.69) is 10.1 Å². The number of hydrogen-bond donors (Lipinski definition) is 1. The SMILES string of the molecule is CCc1nn(C)c(CC(O)c2ncccc2Cl)c1Cl. The summed E-state index contributed by atoms with van der Waals surface area (Å²) in [7, 11) is 1.81. The molecule has 2 aromatic rings. The number of aliphatic hydroxyl groups is 1. The number of aromatic nitrogens is 3. The van der Waals surface area contributed by atoms with Crippen LogP contribution in [0.5, 0.6) is 0 Å². The van der Waals surface area contributed by atoms with E-state index in [0.717, 1.165) is 17.8 Å². The predicted octanol–water partition coefficient (Wildman–Crippen LogP) is 2.96. The molecule has 1 N–H and O–H groups in total. The zero-order valence-electron chi connectivity index (χ0n) is 10.8. The normalized spacial score (nSPS) is 12.7. The molecule has 0 amide bonds. The summed E-state index contributed by atoms with van der Waals surface area (Å²) in [5, 5.41) is 15.6. The van der Waals surface area contributed by atoms with Crippen LogP contribution in [0.3, 0.4) is 0 Å². The van der Waals surface area contributed by atoms with Crippen molar-refractivity contribution in [2.24, 2.45) is 7.05 Å². The minimum atomic E-state index is -0.800. The van der Waals surface area contributed by atoms with Gasteiger partial charge in [-0.15, -0.1) is 0 Å². The van der Waals surface area contributed by atoms with Gasteiger partial charge in [0.05, 0.1) is 27.1 Å². The maximum Gasteiger partial charge on any atom is 0.103 e. The van der Waals surface area contributed by atoms with Gasteiger partial charge in [-0.25, -0.2) is 0 Å². The van der Waals surface area contributed by atoms with Gasteiger partial charge in [0.15, 0.2) is 0 Å². The smallest absolute Gasteiger partial charge is 0.103 e. The van der Waals surface area contributed by atoms with Crippen molar-refractivity contribution in [3.8, 4) is 0 Å². The minimum absolute atomic E-state index is 0.332. The van der Waals surface area contributed by atoms with Gasteiger partial charge < -0.3 is 5.11 Å². The molecule has 2 rings (SSSR count). The highest BCUT2D eigenvalue weighted by Gasteiger charge is 2.19. The van der Waals surface area contributed by atoms with Gasteiger partial charge in [-0.3, -0.25) is 9.67 Å². The second-order valence-corrected chi connectivity index (χ2v) is 5.06. The number of pyridine rings is 1. The van der Waals surface area contributed by atoms with Gasteiger partial charge >= 0.3 is 0 Å². The lowest BCUT2D eigenvalue weighted by molar-refractivity contribution is 0.171. The molecule has 2 heterocycles. The van der Waals surface area contributed by atoms with Crippen LogP contribution in [0.15, 0.2) is 18.3 Å². The van der Waals surface area contributed by atoms with Crippen LogP contribution in [0.2, 0.25) is 10.0 Å². The highest BCUT2D eigenvalue weighted by Crippen LogP contribution is 2.28. The van der Waals surface area contributed by atoms with E-state index in [0.29, 0.717) is 22.2 Å². The molecule has 102 valence electrons. The van der Waals surface area contributed by atoms with Crippen LogP contribution in [0.25, 0.3) is 0 Å². The lowest BCUT2D eigenvalue weighted by atomic mass is 10.1. The minimum Gasteiger partial charge on any atom is -0.386 e. The van der Waals surface area contributed by atoms with Crippen LogP contribution in [0, 0.1) is 0 Å². The van der Waals surface area contributed by atoms with Crippen molar-refractivity contribution in [3.05, 3.63) is 45.5 Å². The highest BCUT2D eigenvalue weighted by molar-refractivity contribution is 6.32. The van der Waals surface area contributed by atoms with Crippen molar-refractivity contribution in [1.82, 2.24) is 14.8 Å². The van der Waals surface area contributed by atoms with Gasteiger partial charge in [-0.2, -0.15) is 5.10 Å². The Bertz CT molecular complexity index is 583. The van der Waals surface area contributed by atoms with E-state index >= 15 is 0 Å². The number of hydrogen-bond acceptors (Lipinski definition) is 3. The Morgan fingerprint density at radius 3 is 2.74 bits per heavy atom. The Morgan fingerprint density at radius 2 is 2.16 bits per heavy atom. The van der Waals surface area contributed by atoms with E-state index in [1.165, 1.54) is 0 Å². The lowest BCUT2D eigenvalue weighted by Crippen LogP contribution is -2.08. The van der Waals surface area contributed by atoms with E-state index in [1.54, 1.807) is 23.0 Å². The summed E-state index contributed by atoms with van der Waals surface area (Å²) in [4.78, 5) is 4.11. The van der Waals surface area contributed by atoms with Gasteiger partial charge in [0.25, 0.3) is 0 Å². The van der Waals surface area contributed by atoms with Gasteiger partial charge in [0.1, 0.15) is 6.10 Å². The average molecular weight is 300 g/mol. The molecule has 0 saturated carbocycles. The number of nitrogens with zero attached hydrogens (tertiary/aromatic N) is 3. The summed E-state index contributed by atoms with van der Waals surface area (Å²) in [5.74, 6) is 0. The second kappa shape index (κ2) is 5.90. The molecule has 0 bridgehead atoms. The molecule has 19 heavy (non-hydrogen) atoms. The van der Waals surface area contributed by atoms with Crippen LogP contribution in [0.4, 0.5) is 0 Å². The van der Waals surface area contributed by atoms with Crippen molar-refractivity contribution in [3.63, 3.8) is 0 Å². The highest BCUT2D eigenvalue weighted by atomic mass is 35.5. The summed E-state index contributed by atoms with van der Waals surface area (Å²) < 4.78 is 1.70. The van der Waals surface area contributed by atoms with Gasteiger partial charge in [-0.1, -0.05) is 30.1 Å². The van der Waals surface area contributed by atoms with Crippen LogP contribution >= 0.6 is 23.2 Å². The first kappa shape index (κ1) is 14.3. The number of halogens is 2. The van der Waals surface area contributed by atoms with Crippen LogP contribution in [0.1, 0.15) is 30.1 Å². The van der Waals surface area contributed by atoms with Gasteiger partial charge in [0.2, 0.25) is 0 Å². The molecule has 0 aromatic carbocycles. The van der Waals surface area contributed by atoms with Gasteiger partial charge in [0, 0.05) is 19.7 Å². The number of aliphatic hydroxyl groups excluding tert-OH is 1. The monoisotopic (exact) mass is 299 g/mol. The van der Waals surface area contributed by atoms with Crippen LogP contribution < -0.4 is 0 Å². The van der Waals surface area contributed by atoms with Crippen molar-refractivity contribution in [1.29, 1.82) is 0 Å². The Labute approximate surface area is 122 Å². The fraction of sp³-hybridized carbons (Fsp3) is 0.385. The van der Waals surface area contributed by atoms with E-state index in [9.17, 15) is 5.11 Å². The van der Waals surface area contributed by atoms with E-state index in [4.69, 9.17) is 23.2 Å². The first-order valence-electron chi connectivity index (χ1n) is 6.03. The molecule has 2 aromatic heterocycles. The topological polar surface area (TPSA) is 50.9 Å². The summed E-state index contributed by atoms with van der Waals surface area (Å²) >= 11 is 12.3. The first-order valence-corrected chi connectivity index (χ1v) is 6.78. The standard InChI is InChI=1S/C13H15Cl2N3O/c1-3-9-12(15)10(18(2)17-9)7-11(19)13-8(14)5-4-6-16-13/h4-6,11,19H,3,7H2,1-2H3. The molecule has 0 saturated heterocycles. The van der Waals surface area contributed by atoms with Crippen LogP contribution in [-0.4, -0.2) is 19.9 Å². The van der Waals surface area contributed by atoms with E-state index in [1.807, 2.05) is 14.0 Å². The third-order valence-corrected chi connectivity index (χ3v) is 3.75. The average Bonchev–Trinajstić information content (AvgIpc) is 2.66. The Hall–Kier alpha value is -1.10. The maximum absolute atomic E-state index is 10.2. The summed E-state index contributed by atoms with van der Waals surface area (Å²) in [5.41, 5.74) is 2.07. The fourth-order valence-corrected chi connectivity index (χ4v) is 2.58. The van der Waals surface area contributed by atoms with Crippen molar-refractivity contribution >= 4 is 23.2 Å². The summed E-state index contributed by atoms with van der Waals surface area (Å²) in [6.07, 6.45) is 1.89. The molecular weight excluding hydrogens is 285 g/mol. The molecule has 0 radical (unpaired) electrons. The Balaban J connectivity index is 2.27. The van der Waals surface area contributed by atoms with Crippen LogP contribution in [-0.2, 0) is 19.9 Å². The molecule has 6 heteroatoms. The molecule has 0 aliphatic rings. The first-order chi connectivity index (χ1) is 9.04. The molecule has 0 aliphatic heterocycles. The third-order valence-electron chi connectivity index (χ3n) is 2.99. The molecule has 0 aliphatic carbocycles. The zero-order chi connectivity index (χ0) is 14.0. The number of rotatable bonds is 4. The van der Waals surface area contributed by atoms with Crippen molar-refractivity contribution in [2.45, 2.75) is 25.9 Å².